The summed E-state index contributed by atoms with van der Waals surface area (Å²) < 4.78 is 1.77. The van der Waals surface area contributed by atoms with Crippen molar-refractivity contribution in [3.05, 3.63) is 48.5 Å². The van der Waals surface area contributed by atoms with E-state index in [0.29, 0.717) is 18.5 Å². The Hall–Kier alpha value is -3.00. The second-order valence-electron chi connectivity index (χ2n) is 9.48. The number of fused-ring (bicyclic) bond motifs is 1. The molecule has 0 amide bonds. The quantitative estimate of drug-likeness (QED) is 0.647. The topological polar surface area (TPSA) is 87.5 Å². The van der Waals surface area contributed by atoms with Gasteiger partial charge < -0.3 is 15.5 Å². The van der Waals surface area contributed by atoms with E-state index in [-0.39, 0.29) is 5.78 Å². The lowest BCUT2D eigenvalue weighted by Gasteiger charge is -2.31. The maximum atomic E-state index is 12.5. The number of carbonyl (C=O) groups excluding carboxylic acids is 1. The van der Waals surface area contributed by atoms with Crippen molar-refractivity contribution in [2.45, 2.75) is 58.4 Å². The number of hydrogen-bond acceptors (Lipinski definition) is 7. The summed E-state index contributed by atoms with van der Waals surface area (Å²) in [6.07, 6.45) is 16.3. The highest BCUT2D eigenvalue weighted by Crippen LogP contribution is 2.31. The minimum atomic E-state index is -0.488. The number of ketones is 1. The Morgan fingerprint density at radius 3 is 2.88 bits per heavy atom. The van der Waals surface area contributed by atoms with Crippen molar-refractivity contribution in [1.82, 2.24) is 24.9 Å². The van der Waals surface area contributed by atoms with E-state index in [1.165, 1.54) is 32.1 Å². The Labute approximate surface area is 195 Å². The monoisotopic (exact) mass is 449 g/mol. The van der Waals surface area contributed by atoms with Crippen LogP contribution in [-0.2, 0) is 4.79 Å². The van der Waals surface area contributed by atoms with Gasteiger partial charge in [-0.15, -0.1) is 5.10 Å². The SMILES string of the molecule is C=C/C(=C\C=C1/CCNCC(=O)C1(C)C)Nc1nc2c(N(C)C3CCCCC3)nccn2n1. The van der Waals surface area contributed by atoms with E-state index in [9.17, 15) is 4.79 Å². The van der Waals surface area contributed by atoms with E-state index in [1.54, 1.807) is 16.8 Å². The lowest BCUT2D eigenvalue weighted by Crippen LogP contribution is -2.34. The fourth-order valence-corrected chi connectivity index (χ4v) is 4.66. The molecule has 1 saturated carbocycles. The minimum Gasteiger partial charge on any atom is -0.354 e. The van der Waals surface area contributed by atoms with Crippen LogP contribution >= 0.6 is 0 Å². The largest absolute Gasteiger partial charge is 0.354 e. The summed E-state index contributed by atoms with van der Waals surface area (Å²) in [5.74, 6) is 1.54. The van der Waals surface area contributed by atoms with Crippen LogP contribution in [0.3, 0.4) is 0 Å². The molecule has 1 saturated heterocycles. The van der Waals surface area contributed by atoms with Gasteiger partial charge in [-0.05, 0) is 51.8 Å². The number of nitrogens with one attached hydrogen (secondary N) is 2. The summed E-state index contributed by atoms with van der Waals surface area (Å²) in [5.41, 5.74) is 2.12. The number of anilines is 2. The maximum Gasteiger partial charge on any atom is 0.247 e. The normalized spacial score (nSPS) is 21.2. The molecule has 2 aliphatic rings. The first-order valence-electron chi connectivity index (χ1n) is 11.9. The highest BCUT2D eigenvalue weighted by Gasteiger charge is 2.32. The Kier molecular flexibility index (Phi) is 6.93. The summed E-state index contributed by atoms with van der Waals surface area (Å²) in [5, 5.41) is 11.1. The molecular weight excluding hydrogens is 414 g/mol. The van der Waals surface area contributed by atoms with Gasteiger partial charge in [-0.2, -0.15) is 4.98 Å². The van der Waals surface area contributed by atoms with Crippen molar-refractivity contribution >= 4 is 23.2 Å². The van der Waals surface area contributed by atoms with Gasteiger partial charge in [0.15, 0.2) is 17.2 Å². The fraction of sp³-hybridized carbons (Fsp3) is 0.520. The molecule has 0 atom stereocenters. The van der Waals surface area contributed by atoms with Gasteiger partial charge in [0.1, 0.15) is 0 Å². The van der Waals surface area contributed by atoms with Crippen LogP contribution in [0.25, 0.3) is 5.65 Å². The molecule has 3 heterocycles. The number of rotatable bonds is 6. The number of carbonyl (C=O) groups is 1. The molecule has 0 spiro atoms. The molecule has 33 heavy (non-hydrogen) atoms. The lowest BCUT2D eigenvalue weighted by atomic mass is 9.79. The Balaban J connectivity index is 1.57. The third-order valence-corrected chi connectivity index (χ3v) is 6.99. The number of nitrogens with zero attached hydrogens (tertiary/aromatic N) is 5. The lowest BCUT2D eigenvalue weighted by molar-refractivity contribution is -0.124. The summed E-state index contributed by atoms with van der Waals surface area (Å²) in [7, 11) is 2.10. The van der Waals surface area contributed by atoms with E-state index < -0.39 is 5.41 Å². The van der Waals surface area contributed by atoms with Gasteiger partial charge in [0.2, 0.25) is 5.95 Å². The minimum absolute atomic E-state index is 0.205. The maximum absolute atomic E-state index is 12.5. The average Bonchev–Trinajstić information content (AvgIpc) is 3.19. The van der Waals surface area contributed by atoms with Crippen molar-refractivity contribution in [1.29, 1.82) is 0 Å². The predicted octanol–water partition coefficient (Wildman–Crippen LogP) is 3.89. The Morgan fingerprint density at radius 1 is 1.33 bits per heavy atom. The third kappa shape index (κ3) is 5.00. The van der Waals surface area contributed by atoms with Crippen LogP contribution in [0.4, 0.5) is 11.8 Å². The molecule has 8 nitrogen and oxygen atoms in total. The highest BCUT2D eigenvalue weighted by atomic mass is 16.1. The van der Waals surface area contributed by atoms with E-state index in [4.69, 9.17) is 4.98 Å². The van der Waals surface area contributed by atoms with Crippen LogP contribution < -0.4 is 15.5 Å². The molecular formula is C25H35N7O. The van der Waals surface area contributed by atoms with Crippen LogP contribution in [0.15, 0.2) is 48.5 Å². The van der Waals surface area contributed by atoms with Crippen molar-refractivity contribution in [2.75, 3.05) is 30.4 Å². The average molecular weight is 450 g/mol. The van der Waals surface area contributed by atoms with Crippen molar-refractivity contribution in [3.63, 3.8) is 0 Å². The molecule has 1 aliphatic heterocycles. The number of Topliss-reactive ketones (excluding diaryl/α,β-unsaturated/α-hetero) is 1. The third-order valence-electron chi connectivity index (χ3n) is 6.99. The molecule has 4 rings (SSSR count). The molecule has 8 heteroatoms. The van der Waals surface area contributed by atoms with Crippen LogP contribution in [0, 0.1) is 5.41 Å². The Morgan fingerprint density at radius 2 is 2.12 bits per heavy atom. The molecule has 176 valence electrons. The zero-order valence-electron chi connectivity index (χ0n) is 20.0. The van der Waals surface area contributed by atoms with E-state index in [0.717, 1.165) is 35.7 Å². The van der Waals surface area contributed by atoms with Crippen LogP contribution in [0.1, 0.15) is 52.4 Å². The fourth-order valence-electron chi connectivity index (χ4n) is 4.66. The molecule has 2 fully saturated rings. The zero-order valence-corrected chi connectivity index (χ0v) is 20.0. The van der Waals surface area contributed by atoms with Gasteiger partial charge in [-0.1, -0.05) is 37.5 Å². The number of aromatic nitrogens is 4. The van der Waals surface area contributed by atoms with Gasteiger partial charge in [0.25, 0.3) is 0 Å². The van der Waals surface area contributed by atoms with E-state index in [1.807, 2.05) is 32.2 Å². The molecule has 1 aliphatic carbocycles. The first-order chi connectivity index (χ1) is 15.9. The van der Waals surface area contributed by atoms with Gasteiger partial charge in [-0.3, -0.25) is 4.79 Å². The summed E-state index contributed by atoms with van der Waals surface area (Å²) >= 11 is 0. The highest BCUT2D eigenvalue weighted by molar-refractivity contribution is 5.89. The second-order valence-corrected chi connectivity index (χ2v) is 9.48. The van der Waals surface area contributed by atoms with E-state index in [2.05, 4.69) is 39.2 Å². The standard InChI is InChI=1S/C25H35N7O/c1-5-19(12-11-18-13-14-26-17-21(33)25(18,2)3)28-24-29-23-22(27-15-16-32(23)30-24)31(4)20-9-7-6-8-10-20/h5,11-12,15-16,20,26H,1,6-10,13-14,17H2,2-4H3,(H,28,30)/b18-11+,19-12+. The Bertz CT molecular complexity index is 1080. The second kappa shape index (κ2) is 9.87. The number of hydrogen-bond donors (Lipinski definition) is 2. The number of allylic oxidation sites excluding steroid dienone is 3. The van der Waals surface area contributed by atoms with Gasteiger partial charge in [0.05, 0.1) is 6.54 Å². The zero-order chi connectivity index (χ0) is 23.4. The molecule has 0 aromatic carbocycles. The summed E-state index contributed by atoms with van der Waals surface area (Å²) in [4.78, 5) is 24.1. The molecule has 0 unspecified atom stereocenters. The molecule has 2 aromatic rings. The molecule has 0 bridgehead atoms. The smallest absolute Gasteiger partial charge is 0.247 e. The molecule has 2 N–H and O–H groups in total. The van der Waals surface area contributed by atoms with Crippen molar-refractivity contribution in [3.8, 4) is 0 Å². The molecule has 2 aromatic heterocycles. The van der Waals surface area contributed by atoms with Crippen molar-refractivity contribution < 1.29 is 4.79 Å². The summed E-state index contributed by atoms with van der Waals surface area (Å²) in [6, 6.07) is 0.487. The van der Waals surface area contributed by atoms with Crippen LogP contribution in [0.2, 0.25) is 0 Å². The molecule has 0 radical (unpaired) electrons. The van der Waals surface area contributed by atoms with Gasteiger partial charge in [-0.25, -0.2) is 9.50 Å². The van der Waals surface area contributed by atoms with Crippen LogP contribution in [0.5, 0.6) is 0 Å². The first-order valence-corrected chi connectivity index (χ1v) is 11.9. The van der Waals surface area contributed by atoms with Gasteiger partial charge >= 0.3 is 0 Å². The van der Waals surface area contributed by atoms with E-state index >= 15 is 0 Å². The first kappa shape index (κ1) is 23.2. The van der Waals surface area contributed by atoms with Crippen LogP contribution in [-0.4, -0.2) is 51.5 Å². The summed E-state index contributed by atoms with van der Waals surface area (Å²) in [6.45, 7) is 9.12. The van der Waals surface area contributed by atoms with Gasteiger partial charge in [0, 0.05) is 36.6 Å². The van der Waals surface area contributed by atoms with Crippen molar-refractivity contribution in [2.24, 2.45) is 5.41 Å². The predicted molar refractivity (Wildman–Crippen MR) is 132 cm³/mol.